The molecule has 0 N–H and O–H groups in total. The highest BCUT2D eigenvalue weighted by Crippen LogP contribution is 2.27. The Kier molecular flexibility index (Phi) is 3.69. The van der Waals surface area contributed by atoms with Gasteiger partial charge in [-0.05, 0) is 0 Å². The second-order valence-electron chi connectivity index (χ2n) is 2.54. The Morgan fingerprint density at radius 1 is 1.07 bits per heavy atom. The summed E-state index contributed by atoms with van der Waals surface area (Å²) in [5.74, 6) is 4.38. The zero-order chi connectivity index (χ0) is 10.4. The SMILES string of the molecule is C#CCOc1cc(OC)cc(OC)c1. The number of benzene rings is 1. The maximum atomic E-state index is 5.24. The van der Waals surface area contributed by atoms with Crippen molar-refractivity contribution in [1.29, 1.82) is 0 Å². The summed E-state index contributed by atoms with van der Waals surface area (Å²) < 4.78 is 15.4. The predicted octanol–water partition coefficient (Wildman–Crippen LogP) is 1.72. The number of methoxy groups -OCH3 is 2. The highest BCUT2D eigenvalue weighted by Gasteiger charge is 2.01. The van der Waals surface area contributed by atoms with Gasteiger partial charge >= 0.3 is 0 Å². The van der Waals surface area contributed by atoms with E-state index in [0.29, 0.717) is 17.2 Å². The summed E-state index contributed by atoms with van der Waals surface area (Å²) in [5, 5.41) is 0. The van der Waals surface area contributed by atoms with Crippen LogP contribution < -0.4 is 14.2 Å². The van der Waals surface area contributed by atoms with Gasteiger partial charge in [0, 0.05) is 18.2 Å². The molecular formula is C11H12O3. The second kappa shape index (κ2) is 5.03. The minimum absolute atomic E-state index is 0.232. The topological polar surface area (TPSA) is 27.7 Å². The fraction of sp³-hybridized carbons (Fsp3) is 0.273. The normalized spacial score (nSPS) is 8.93. The molecule has 0 saturated carbocycles. The minimum Gasteiger partial charge on any atom is -0.496 e. The molecule has 0 atom stereocenters. The Morgan fingerprint density at radius 2 is 1.57 bits per heavy atom. The van der Waals surface area contributed by atoms with Gasteiger partial charge in [-0.2, -0.15) is 0 Å². The first kappa shape index (κ1) is 10.3. The molecule has 0 saturated heterocycles. The molecule has 0 fully saturated rings. The molecule has 1 aromatic carbocycles. The largest absolute Gasteiger partial charge is 0.496 e. The molecule has 3 heteroatoms. The lowest BCUT2D eigenvalue weighted by Crippen LogP contribution is -1.95. The first-order valence-corrected chi connectivity index (χ1v) is 4.09. The first-order valence-electron chi connectivity index (χ1n) is 4.09. The van der Waals surface area contributed by atoms with Crippen molar-refractivity contribution in [3.63, 3.8) is 0 Å². The summed E-state index contributed by atoms with van der Waals surface area (Å²) in [4.78, 5) is 0. The molecule has 0 unspecified atom stereocenters. The second-order valence-corrected chi connectivity index (χ2v) is 2.54. The van der Waals surface area contributed by atoms with Gasteiger partial charge < -0.3 is 14.2 Å². The van der Waals surface area contributed by atoms with E-state index in [9.17, 15) is 0 Å². The molecule has 0 heterocycles. The van der Waals surface area contributed by atoms with Gasteiger partial charge in [-0.15, -0.1) is 6.42 Å². The average molecular weight is 192 g/mol. The molecule has 0 amide bonds. The van der Waals surface area contributed by atoms with Crippen LogP contribution in [0.3, 0.4) is 0 Å². The van der Waals surface area contributed by atoms with E-state index in [1.807, 2.05) is 0 Å². The van der Waals surface area contributed by atoms with Crippen molar-refractivity contribution in [2.45, 2.75) is 0 Å². The van der Waals surface area contributed by atoms with Crippen molar-refractivity contribution in [3.05, 3.63) is 18.2 Å². The Bertz CT molecular complexity index is 317. The monoisotopic (exact) mass is 192 g/mol. The molecule has 0 spiro atoms. The van der Waals surface area contributed by atoms with E-state index in [0.717, 1.165) is 0 Å². The zero-order valence-electron chi connectivity index (χ0n) is 8.24. The van der Waals surface area contributed by atoms with E-state index < -0.39 is 0 Å². The van der Waals surface area contributed by atoms with Gasteiger partial charge in [-0.1, -0.05) is 5.92 Å². The molecule has 0 aliphatic heterocycles. The van der Waals surface area contributed by atoms with Crippen LogP contribution in [0.5, 0.6) is 17.2 Å². The van der Waals surface area contributed by atoms with Crippen molar-refractivity contribution in [3.8, 4) is 29.6 Å². The number of terminal acetylenes is 1. The van der Waals surface area contributed by atoms with Gasteiger partial charge in [-0.3, -0.25) is 0 Å². The van der Waals surface area contributed by atoms with E-state index in [-0.39, 0.29) is 6.61 Å². The number of ether oxygens (including phenoxy) is 3. The van der Waals surface area contributed by atoms with Crippen LogP contribution in [0.2, 0.25) is 0 Å². The Morgan fingerprint density at radius 3 is 2.00 bits per heavy atom. The zero-order valence-corrected chi connectivity index (χ0v) is 8.24. The van der Waals surface area contributed by atoms with E-state index in [2.05, 4.69) is 5.92 Å². The van der Waals surface area contributed by atoms with Crippen LogP contribution in [0, 0.1) is 12.3 Å². The third-order valence-electron chi connectivity index (χ3n) is 1.65. The molecule has 14 heavy (non-hydrogen) atoms. The van der Waals surface area contributed by atoms with Gasteiger partial charge in [0.05, 0.1) is 14.2 Å². The molecule has 0 bridgehead atoms. The standard InChI is InChI=1S/C11H12O3/c1-4-5-14-11-7-9(12-2)6-10(8-11)13-3/h1,6-8H,5H2,2-3H3. The van der Waals surface area contributed by atoms with Crippen molar-refractivity contribution in [1.82, 2.24) is 0 Å². The molecule has 1 rings (SSSR count). The summed E-state index contributed by atoms with van der Waals surface area (Å²) in [5.41, 5.74) is 0. The quantitative estimate of drug-likeness (QED) is 0.680. The van der Waals surface area contributed by atoms with Gasteiger partial charge in [0.25, 0.3) is 0 Å². The fourth-order valence-corrected chi connectivity index (χ4v) is 0.990. The van der Waals surface area contributed by atoms with Crippen molar-refractivity contribution in [2.24, 2.45) is 0 Å². The van der Waals surface area contributed by atoms with Crippen LogP contribution in [0.15, 0.2) is 18.2 Å². The summed E-state index contributed by atoms with van der Waals surface area (Å²) >= 11 is 0. The number of hydrogen-bond donors (Lipinski definition) is 0. The van der Waals surface area contributed by atoms with Gasteiger partial charge in [0.1, 0.15) is 23.9 Å². The third kappa shape index (κ3) is 2.60. The third-order valence-corrected chi connectivity index (χ3v) is 1.65. The molecule has 0 radical (unpaired) electrons. The van der Waals surface area contributed by atoms with Crippen molar-refractivity contribution in [2.75, 3.05) is 20.8 Å². The molecule has 74 valence electrons. The van der Waals surface area contributed by atoms with E-state index >= 15 is 0 Å². The molecule has 1 aromatic rings. The molecular weight excluding hydrogens is 180 g/mol. The van der Waals surface area contributed by atoms with Crippen LogP contribution in [0.25, 0.3) is 0 Å². The summed E-state index contributed by atoms with van der Waals surface area (Å²) in [6.45, 7) is 0.232. The fourth-order valence-electron chi connectivity index (χ4n) is 0.990. The van der Waals surface area contributed by atoms with Gasteiger partial charge in [0.2, 0.25) is 0 Å². The lowest BCUT2D eigenvalue weighted by molar-refractivity contribution is 0.353. The Labute approximate surface area is 83.6 Å². The molecule has 3 nitrogen and oxygen atoms in total. The summed E-state index contributed by atoms with van der Waals surface area (Å²) in [6, 6.07) is 5.27. The van der Waals surface area contributed by atoms with Crippen LogP contribution >= 0.6 is 0 Å². The Balaban J connectivity index is 2.87. The van der Waals surface area contributed by atoms with E-state index in [1.165, 1.54) is 0 Å². The van der Waals surface area contributed by atoms with E-state index in [1.54, 1.807) is 32.4 Å². The van der Waals surface area contributed by atoms with Crippen molar-refractivity contribution < 1.29 is 14.2 Å². The van der Waals surface area contributed by atoms with Crippen LogP contribution in [0.1, 0.15) is 0 Å². The van der Waals surface area contributed by atoms with Crippen LogP contribution in [-0.4, -0.2) is 20.8 Å². The van der Waals surface area contributed by atoms with Gasteiger partial charge in [0.15, 0.2) is 0 Å². The Hall–Kier alpha value is -1.82. The van der Waals surface area contributed by atoms with Crippen LogP contribution in [0.4, 0.5) is 0 Å². The lowest BCUT2D eigenvalue weighted by Gasteiger charge is -2.08. The maximum absolute atomic E-state index is 5.24. The lowest BCUT2D eigenvalue weighted by atomic mass is 10.3. The average Bonchev–Trinajstić information content (AvgIpc) is 2.25. The summed E-state index contributed by atoms with van der Waals surface area (Å²) in [6.07, 6.45) is 5.08. The molecule has 0 aliphatic rings. The highest BCUT2D eigenvalue weighted by molar-refractivity contribution is 5.42. The van der Waals surface area contributed by atoms with Crippen LogP contribution in [-0.2, 0) is 0 Å². The number of hydrogen-bond acceptors (Lipinski definition) is 3. The maximum Gasteiger partial charge on any atom is 0.148 e. The summed E-state index contributed by atoms with van der Waals surface area (Å²) in [7, 11) is 3.17. The molecule has 0 aliphatic carbocycles. The smallest absolute Gasteiger partial charge is 0.148 e. The number of rotatable bonds is 4. The minimum atomic E-state index is 0.232. The predicted molar refractivity (Wildman–Crippen MR) is 53.9 cm³/mol. The first-order chi connectivity index (χ1) is 6.80. The highest BCUT2D eigenvalue weighted by atomic mass is 16.5. The van der Waals surface area contributed by atoms with Crippen molar-refractivity contribution >= 4 is 0 Å². The molecule has 0 aromatic heterocycles. The van der Waals surface area contributed by atoms with E-state index in [4.69, 9.17) is 20.6 Å². The van der Waals surface area contributed by atoms with Gasteiger partial charge in [-0.25, -0.2) is 0 Å².